The van der Waals surface area contributed by atoms with E-state index in [1.54, 1.807) is 19.1 Å². The highest BCUT2D eigenvalue weighted by Crippen LogP contribution is 2.20. The summed E-state index contributed by atoms with van der Waals surface area (Å²) >= 11 is 0. The topological polar surface area (TPSA) is 71.4 Å². The van der Waals surface area contributed by atoms with Crippen LogP contribution in [-0.4, -0.2) is 22.6 Å². The molecule has 0 aliphatic heterocycles. The van der Waals surface area contributed by atoms with Gasteiger partial charge in [-0.05, 0) is 12.0 Å². The van der Waals surface area contributed by atoms with Crippen LogP contribution in [0.15, 0.2) is 24.3 Å². The Morgan fingerprint density at radius 2 is 1.71 bits per heavy atom. The third-order valence-corrected chi connectivity index (χ3v) is 2.60. The number of carboxylic acids is 1. The maximum atomic E-state index is 11.4. The minimum absolute atomic E-state index is 0.293. The Balaban J connectivity index is 2.99. The average molecular weight is 234 g/mol. The minimum Gasteiger partial charge on any atom is -0.481 e. The van der Waals surface area contributed by atoms with E-state index < -0.39 is 23.5 Å². The van der Waals surface area contributed by atoms with Gasteiger partial charge in [0.15, 0.2) is 5.78 Å². The van der Waals surface area contributed by atoms with E-state index in [4.69, 9.17) is 5.11 Å². The van der Waals surface area contributed by atoms with Gasteiger partial charge in [-0.3, -0.25) is 14.4 Å². The first kappa shape index (κ1) is 13.1. The van der Waals surface area contributed by atoms with Gasteiger partial charge < -0.3 is 5.11 Å². The number of carbonyl (C=O) groups is 3. The standard InChI is InChI=1S/C13H14O4/c1-3-11(13(16)17)9-4-6-10(7-5-9)12(15)8(2)14/h4-7,11H,3H2,1-2H3,(H,16,17). The van der Waals surface area contributed by atoms with E-state index in [-0.39, 0.29) is 0 Å². The van der Waals surface area contributed by atoms with Crippen LogP contribution in [0.4, 0.5) is 0 Å². The van der Waals surface area contributed by atoms with E-state index in [1.165, 1.54) is 19.1 Å². The number of ketones is 2. The molecule has 0 aliphatic carbocycles. The molecule has 1 unspecified atom stereocenters. The summed E-state index contributed by atoms with van der Waals surface area (Å²) < 4.78 is 0. The van der Waals surface area contributed by atoms with Gasteiger partial charge in [-0.1, -0.05) is 31.2 Å². The molecule has 0 radical (unpaired) electrons. The second kappa shape index (κ2) is 5.39. The normalized spacial score (nSPS) is 11.9. The van der Waals surface area contributed by atoms with Crippen LogP contribution in [0, 0.1) is 0 Å². The Labute approximate surface area is 99.3 Å². The predicted molar refractivity (Wildman–Crippen MR) is 62.1 cm³/mol. The Morgan fingerprint density at radius 3 is 2.06 bits per heavy atom. The maximum absolute atomic E-state index is 11.4. The number of benzene rings is 1. The van der Waals surface area contributed by atoms with Gasteiger partial charge in [0.1, 0.15) is 0 Å². The summed E-state index contributed by atoms with van der Waals surface area (Å²) in [5.41, 5.74) is 0.932. The van der Waals surface area contributed by atoms with Crippen molar-refractivity contribution in [3.63, 3.8) is 0 Å². The zero-order valence-electron chi connectivity index (χ0n) is 9.77. The van der Waals surface area contributed by atoms with Gasteiger partial charge in [-0.25, -0.2) is 0 Å². The molecule has 1 aromatic rings. The van der Waals surface area contributed by atoms with Crippen LogP contribution in [0.5, 0.6) is 0 Å². The van der Waals surface area contributed by atoms with Crippen molar-refractivity contribution in [2.24, 2.45) is 0 Å². The van der Waals surface area contributed by atoms with Gasteiger partial charge in [-0.15, -0.1) is 0 Å². The maximum Gasteiger partial charge on any atom is 0.310 e. The lowest BCUT2D eigenvalue weighted by Gasteiger charge is -2.10. The molecule has 0 aromatic heterocycles. The van der Waals surface area contributed by atoms with Gasteiger partial charge in [-0.2, -0.15) is 0 Å². The van der Waals surface area contributed by atoms with Crippen LogP contribution >= 0.6 is 0 Å². The minimum atomic E-state index is -0.891. The van der Waals surface area contributed by atoms with Gasteiger partial charge in [0.25, 0.3) is 0 Å². The SMILES string of the molecule is CCC(C(=O)O)c1ccc(C(=O)C(C)=O)cc1. The summed E-state index contributed by atoms with van der Waals surface area (Å²) in [6, 6.07) is 6.15. The first-order chi connectivity index (χ1) is 7.97. The zero-order chi connectivity index (χ0) is 13.0. The van der Waals surface area contributed by atoms with Crippen LogP contribution < -0.4 is 0 Å². The second-order valence-corrected chi connectivity index (χ2v) is 3.81. The highest BCUT2D eigenvalue weighted by molar-refractivity contribution is 6.42. The van der Waals surface area contributed by atoms with E-state index in [1.807, 2.05) is 0 Å². The third-order valence-electron chi connectivity index (χ3n) is 2.60. The number of carbonyl (C=O) groups excluding carboxylic acids is 2. The summed E-state index contributed by atoms with van der Waals surface area (Å²) in [5.74, 6) is -2.54. The molecule has 1 rings (SSSR count). The van der Waals surface area contributed by atoms with Gasteiger partial charge >= 0.3 is 5.97 Å². The van der Waals surface area contributed by atoms with Crippen molar-refractivity contribution in [1.29, 1.82) is 0 Å². The van der Waals surface area contributed by atoms with E-state index in [0.29, 0.717) is 17.5 Å². The fourth-order valence-electron chi connectivity index (χ4n) is 1.62. The smallest absolute Gasteiger partial charge is 0.310 e. The molecule has 0 heterocycles. The lowest BCUT2D eigenvalue weighted by Crippen LogP contribution is -2.12. The van der Waals surface area contributed by atoms with Crippen LogP contribution in [0.25, 0.3) is 0 Å². The highest BCUT2D eigenvalue weighted by atomic mass is 16.4. The molecule has 0 saturated heterocycles. The van der Waals surface area contributed by atoms with Crippen molar-refractivity contribution in [2.75, 3.05) is 0 Å². The van der Waals surface area contributed by atoms with Crippen LogP contribution in [0.1, 0.15) is 42.1 Å². The van der Waals surface area contributed by atoms with E-state index >= 15 is 0 Å². The first-order valence-corrected chi connectivity index (χ1v) is 5.35. The largest absolute Gasteiger partial charge is 0.481 e. The average Bonchev–Trinajstić information content (AvgIpc) is 2.29. The fraction of sp³-hybridized carbons (Fsp3) is 0.308. The summed E-state index contributed by atoms with van der Waals surface area (Å²) in [6.07, 6.45) is 0.481. The van der Waals surface area contributed by atoms with Crippen molar-refractivity contribution < 1.29 is 19.5 Å². The van der Waals surface area contributed by atoms with E-state index in [0.717, 1.165) is 0 Å². The molecule has 1 N–H and O–H groups in total. The van der Waals surface area contributed by atoms with Crippen LogP contribution in [-0.2, 0) is 9.59 Å². The Kier molecular flexibility index (Phi) is 4.15. The predicted octanol–water partition coefficient (Wildman–Crippen LogP) is 2.04. The van der Waals surface area contributed by atoms with Crippen molar-refractivity contribution >= 4 is 17.5 Å². The Hall–Kier alpha value is -1.97. The molecule has 0 spiro atoms. The zero-order valence-corrected chi connectivity index (χ0v) is 9.77. The molecule has 1 atom stereocenters. The van der Waals surface area contributed by atoms with Crippen molar-refractivity contribution in [3.05, 3.63) is 35.4 Å². The van der Waals surface area contributed by atoms with E-state index in [9.17, 15) is 14.4 Å². The number of Topliss-reactive ketones (excluding diaryl/α,β-unsaturated/α-hetero) is 2. The molecule has 17 heavy (non-hydrogen) atoms. The molecule has 4 heteroatoms. The molecule has 4 nitrogen and oxygen atoms in total. The van der Waals surface area contributed by atoms with Crippen molar-refractivity contribution in [3.8, 4) is 0 Å². The van der Waals surface area contributed by atoms with Crippen LogP contribution in [0.2, 0.25) is 0 Å². The lowest BCUT2D eigenvalue weighted by atomic mass is 9.95. The van der Waals surface area contributed by atoms with Crippen molar-refractivity contribution in [1.82, 2.24) is 0 Å². The van der Waals surface area contributed by atoms with Gasteiger partial charge in [0.05, 0.1) is 5.92 Å². The Morgan fingerprint density at radius 1 is 1.18 bits per heavy atom. The number of hydrogen-bond donors (Lipinski definition) is 1. The number of carboxylic acid groups (broad SMARTS) is 1. The van der Waals surface area contributed by atoms with Crippen LogP contribution in [0.3, 0.4) is 0 Å². The van der Waals surface area contributed by atoms with Gasteiger partial charge in [0, 0.05) is 12.5 Å². The number of hydrogen-bond acceptors (Lipinski definition) is 3. The molecule has 90 valence electrons. The summed E-state index contributed by atoms with van der Waals surface area (Å²) in [5, 5.41) is 8.97. The fourth-order valence-corrected chi connectivity index (χ4v) is 1.62. The molecular formula is C13H14O4. The molecule has 0 saturated carbocycles. The Bertz CT molecular complexity index is 445. The molecule has 0 fully saturated rings. The summed E-state index contributed by atoms with van der Waals surface area (Å²) in [4.78, 5) is 33.2. The molecule has 1 aromatic carbocycles. The molecule has 0 aliphatic rings. The summed E-state index contributed by atoms with van der Waals surface area (Å²) in [7, 11) is 0. The number of rotatable bonds is 5. The molecular weight excluding hydrogens is 220 g/mol. The highest BCUT2D eigenvalue weighted by Gasteiger charge is 2.18. The van der Waals surface area contributed by atoms with E-state index in [2.05, 4.69) is 0 Å². The monoisotopic (exact) mass is 234 g/mol. The first-order valence-electron chi connectivity index (χ1n) is 5.35. The molecule has 0 bridgehead atoms. The quantitative estimate of drug-likeness (QED) is 0.625. The number of aliphatic carboxylic acids is 1. The summed E-state index contributed by atoms with van der Waals surface area (Å²) in [6.45, 7) is 3.00. The van der Waals surface area contributed by atoms with Gasteiger partial charge in [0.2, 0.25) is 5.78 Å². The second-order valence-electron chi connectivity index (χ2n) is 3.81. The molecule has 0 amide bonds. The third kappa shape index (κ3) is 3.00. The lowest BCUT2D eigenvalue weighted by molar-refractivity contribution is -0.138. The van der Waals surface area contributed by atoms with Crippen molar-refractivity contribution in [2.45, 2.75) is 26.2 Å².